The number of piperazine rings is 1. The minimum Gasteiger partial charge on any atom is -0.311 e. The van der Waals surface area contributed by atoms with Gasteiger partial charge in [-0.3, -0.25) is 4.90 Å². The maximum Gasteiger partial charge on any atom is 0.141 e. The molecule has 1 aromatic heterocycles. The lowest BCUT2D eigenvalue weighted by Gasteiger charge is -2.49. The summed E-state index contributed by atoms with van der Waals surface area (Å²) in [6, 6.07) is 0.592. The number of aryl methyl sites for hydroxylation is 1. The van der Waals surface area contributed by atoms with Crippen molar-refractivity contribution in [3.05, 3.63) is 12.2 Å². The van der Waals surface area contributed by atoms with Gasteiger partial charge < -0.3 is 5.32 Å². The Labute approximate surface area is 128 Å². The molecule has 1 saturated carbocycles. The topological polar surface area (TPSA) is 46.0 Å². The standard InChI is InChI=1S/C16H29N5/c1-4-21-15(18-12-19-21)10-20-9-14(13(2)3)17-11-16(20)7-5-6-8-16/h12-14,17H,4-11H2,1-3H3. The molecule has 2 fully saturated rings. The van der Waals surface area contributed by atoms with Crippen molar-refractivity contribution in [3.63, 3.8) is 0 Å². The second-order valence-corrected chi connectivity index (χ2v) is 7.04. The highest BCUT2D eigenvalue weighted by Crippen LogP contribution is 2.38. The molecule has 1 aromatic rings. The molecule has 118 valence electrons. The van der Waals surface area contributed by atoms with Crippen LogP contribution in [0.2, 0.25) is 0 Å². The van der Waals surface area contributed by atoms with Crippen molar-refractivity contribution in [3.8, 4) is 0 Å². The van der Waals surface area contributed by atoms with Crippen LogP contribution in [-0.2, 0) is 13.1 Å². The van der Waals surface area contributed by atoms with Crippen LogP contribution in [0.25, 0.3) is 0 Å². The maximum absolute atomic E-state index is 4.50. The Hall–Kier alpha value is -0.940. The monoisotopic (exact) mass is 291 g/mol. The molecule has 5 heteroatoms. The number of hydrogen-bond acceptors (Lipinski definition) is 4. The van der Waals surface area contributed by atoms with Crippen molar-refractivity contribution in [2.24, 2.45) is 5.92 Å². The van der Waals surface area contributed by atoms with Crippen LogP contribution in [0.5, 0.6) is 0 Å². The van der Waals surface area contributed by atoms with Gasteiger partial charge in [-0.05, 0) is 25.7 Å². The van der Waals surface area contributed by atoms with Gasteiger partial charge in [-0.15, -0.1) is 0 Å². The average molecular weight is 291 g/mol. The minimum absolute atomic E-state index is 0.357. The molecule has 1 unspecified atom stereocenters. The first-order valence-corrected chi connectivity index (χ1v) is 8.50. The molecule has 0 radical (unpaired) electrons. The number of aromatic nitrogens is 3. The van der Waals surface area contributed by atoms with Gasteiger partial charge in [0.25, 0.3) is 0 Å². The molecule has 1 spiro atoms. The number of hydrogen-bond donors (Lipinski definition) is 1. The van der Waals surface area contributed by atoms with E-state index in [1.807, 2.05) is 4.68 Å². The number of rotatable bonds is 4. The molecule has 0 bridgehead atoms. The second kappa shape index (κ2) is 6.05. The Morgan fingerprint density at radius 3 is 2.81 bits per heavy atom. The lowest BCUT2D eigenvalue weighted by atomic mass is 9.88. The molecule has 3 rings (SSSR count). The lowest BCUT2D eigenvalue weighted by molar-refractivity contribution is 0.0230. The van der Waals surface area contributed by atoms with E-state index >= 15 is 0 Å². The first-order valence-electron chi connectivity index (χ1n) is 8.50. The van der Waals surface area contributed by atoms with Crippen molar-refractivity contribution in [2.75, 3.05) is 13.1 Å². The summed E-state index contributed by atoms with van der Waals surface area (Å²) in [4.78, 5) is 7.20. The van der Waals surface area contributed by atoms with Crippen LogP contribution in [0.1, 0.15) is 52.3 Å². The molecular formula is C16H29N5. The molecule has 21 heavy (non-hydrogen) atoms. The normalized spacial score (nSPS) is 26.0. The van der Waals surface area contributed by atoms with E-state index < -0.39 is 0 Å². The third-order valence-electron chi connectivity index (χ3n) is 5.45. The van der Waals surface area contributed by atoms with E-state index in [0.29, 0.717) is 17.5 Å². The molecule has 0 aromatic carbocycles. The molecule has 2 aliphatic rings. The van der Waals surface area contributed by atoms with E-state index in [4.69, 9.17) is 0 Å². The van der Waals surface area contributed by atoms with E-state index in [0.717, 1.165) is 32.0 Å². The first-order chi connectivity index (χ1) is 10.1. The Bertz CT molecular complexity index is 461. The third-order valence-corrected chi connectivity index (χ3v) is 5.45. The largest absolute Gasteiger partial charge is 0.311 e. The summed E-state index contributed by atoms with van der Waals surface area (Å²) in [6.45, 7) is 10.9. The zero-order valence-corrected chi connectivity index (χ0v) is 13.7. The number of nitrogens with one attached hydrogen (secondary N) is 1. The SMILES string of the molecule is CCn1ncnc1CN1CC(C(C)C)NCC12CCCC2. The highest BCUT2D eigenvalue weighted by atomic mass is 15.4. The van der Waals surface area contributed by atoms with Crippen molar-refractivity contribution in [1.29, 1.82) is 0 Å². The molecule has 1 aliphatic heterocycles. The van der Waals surface area contributed by atoms with Crippen LogP contribution in [0.4, 0.5) is 0 Å². The summed E-state index contributed by atoms with van der Waals surface area (Å²) in [5.41, 5.74) is 0.357. The maximum atomic E-state index is 4.50. The zero-order chi connectivity index (χ0) is 14.9. The van der Waals surface area contributed by atoms with E-state index in [-0.39, 0.29) is 0 Å². The van der Waals surface area contributed by atoms with Gasteiger partial charge >= 0.3 is 0 Å². The Balaban J connectivity index is 1.80. The first kappa shape index (κ1) is 15.0. The van der Waals surface area contributed by atoms with Gasteiger partial charge in [0, 0.05) is 31.2 Å². The van der Waals surface area contributed by atoms with E-state index in [2.05, 4.69) is 41.1 Å². The Kier molecular flexibility index (Phi) is 4.31. The fourth-order valence-electron chi connectivity index (χ4n) is 3.98. The Morgan fingerprint density at radius 1 is 1.38 bits per heavy atom. The van der Waals surface area contributed by atoms with E-state index in [1.54, 1.807) is 6.33 Å². The summed E-state index contributed by atoms with van der Waals surface area (Å²) in [5.74, 6) is 1.79. The van der Waals surface area contributed by atoms with Crippen LogP contribution in [-0.4, -0.2) is 44.3 Å². The van der Waals surface area contributed by atoms with Crippen molar-refractivity contribution < 1.29 is 0 Å². The van der Waals surface area contributed by atoms with Gasteiger partial charge in [0.2, 0.25) is 0 Å². The lowest BCUT2D eigenvalue weighted by Crippen LogP contribution is -2.64. The van der Waals surface area contributed by atoms with Crippen molar-refractivity contribution >= 4 is 0 Å². The quantitative estimate of drug-likeness (QED) is 0.922. The summed E-state index contributed by atoms with van der Waals surface area (Å²) in [5, 5.41) is 8.14. The molecule has 0 amide bonds. The minimum atomic E-state index is 0.357. The average Bonchev–Trinajstić information content (AvgIpc) is 3.10. The summed E-state index contributed by atoms with van der Waals surface area (Å²) >= 11 is 0. The van der Waals surface area contributed by atoms with Gasteiger partial charge in [-0.25, -0.2) is 9.67 Å². The zero-order valence-electron chi connectivity index (χ0n) is 13.7. The van der Waals surface area contributed by atoms with Crippen LogP contribution >= 0.6 is 0 Å². The van der Waals surface area contributed by atoms with Gasteiger partial charge in [0.05, 0.1) is 6.54 Å². The molecule has 2 heterocycles. The highest BCUT2D eigenvalue weighted by Gasteiger charge is 2.44. The highest BCUT2D eigenvalue weighted by molar-refractivity contribution is 5.04. The molecule has 1 saturated heterocycles. The summed E-state index contributed by atoms with van der Waals surface area (Å²) in [7, 11) is 0. The molecule has 1 aliphatic carbocycles. The predicted molar refractivity (Wildman–Crippen MR) is 83.9 cm³/mol. The predicted octanol–water partition coefficient (Wildman–Crippen LogP) is 2.04. The third kappa shape index (κ3) is 2.86. The Morgan fingerprint density at radius 2 is 2.14 bits per heavy atom. The molecule has 1 atom stereocenters. The van der Waals surface area contributed by atoms with Crippen LogP contribution in [0, 0.1) is 5.92 Å². The second-order valence-electron chi connectivity index (χ2n) is 7.04. The number of nitrogens with zero attached hydrogens (tertiary/aromatic N) is 4. The van der Waals surface area contributed by atoms with E-state index in [9.17, 15) is 0 Å². The fourth-order valence-corrected chi connectivity index (χ4v) is 3.98. The van der Waals surface area contributed by atoms with Crippen LogP contribution in [0.15, 0.2) is 6.33 Å². The van der Waals surface area contributed by atoms with Crippen LogP contribution < -0.4 is 5.32 Å². The van der Waals surface area contributed by atoms with E-state index in [1.165, 1.54) is 25.7 Å². The van der Waals surface area contributed by atoms with Gasteiger partial charge in [0.15, 0.2) is 0 Å². The van der Waals surface area contributed by atoms with Crippen molar-refractivity contribution in [2.45, 2.75) is 71.1 Å². The molecular weight excluding hydrogens is 262 g/mol. The van der Waals surface area contributed by atoms with Gasteiger partial charge in [-0.2, -0.15) is 5.10 Å². The van der Waals surface area contributed by atoms with Gasteiger partial charge in [0.1, 0.15) is 12.2 Å². The van der Waals surface area contributed by atoms with Crippen molar-refractivity contribution in [1.82, 2.24) is 25.0 Å². The summed E-state index contributed by atoms with van der Waals surface area (Å²) < 4.78 is 2.04. The smallest absolute Gasteiger partial charge is 0.141 e. The molecule has 5 nitrogen and oxygen atoms in total. The van der Waals surface area contributed by atoms with Crippen LogP contribution in [0.3, 0.4) is 0 Å². The molecule has 1 N–H and O–H groups in total. The fraction of sp³-hybridized carbons (Fsp3) is 0.875. The summed E-state index contributed by atoms with van der Waals surface area (Å²) in [6.07, 6.45) is 7.08. The van der Waals surface area contributed by atoms with Gasteiger partial charge in [-0.1, -0.05) is 26.7 Å².